The first kappa shape index (κ1) is 24.7. The third-order valence-electron chi connectivity index (χ3n) is 7.33. The van der Waals surface area contributed by atoms with E-state index in [1.54, 1.807) is 6.07 Å². The van der Waals surface area contributed by atoms with Crippen LogP contribution in [-0.2, 0) is 14.9 Å². The van der Waals surface area contributed by atoms with Crippen molar-refractivity contribution in [1.29, 1.82) is 0 Å². The van der Waals surface area contributed by atoms with Gasteiger partial charge in [0.2, 0.25) is 0 Å². The normalized spacial score (nSPS) is 17.9. The van der Waals surface area contributed by atoms with Crippen molar-refractivity contribution in [2.45, 2.75) is 50.0 Å². The number of hydrogen-bond donors (Lipinski definition) is 2. The Balaban J connectivity index is 1.19. The molecule has 0 bridgehead atoms. The van der Waals surface area contributed by atoms with Gasteiger partial charge in [0.15, 0.2) is 0 Å². The van der Waals surface area contributed by atoms with Crippen molar-refractivity contribution in [3.8, 4) is 0 Å². The molecular weight excluding hydrogens is 496 g/mol. The number of amides is 1. The highest BCUT2D eigenvalue weighted by Crippen LogP contribution is 2.49. The summed E-state index contributed by atoms with van der Waals surface area (Å²) in [5.74, 6) is -0.435. The first-order valence-electron chi connectivity index (χ1n) is 12.3. The van der Waals surface area contributed by atoms with E-state index in [0.717, 1.165) is 53.3 Å². The number of carbonyl (C=O) groups is 2. The van der Waals surface area contributed by atoms with E-state index in [2.05, 4.69) is 10.2 Å². The Hall–Kier alpha value is -3.03. The minimum absolute atomic E-state index is 0.293. The number of carbonyl (C=O) groups excluding carboxylic acids is 1. The van der Waals surface area contributed by atoms with E-state index in [-0.39, 0.29) is 6.10 Å². The molecule has 1 aliphatic heterocycles. The SMILES string of the molecule is C[C@@H](OC(=O)Nc1cc(Cl)sc1C1CCN(c2ccc(C3(C(=O)O)CC3)cc2)CC1)c1ccccc1. The smallest absolute Gasteiger partial charge is 0.412 e. The number of piperidine rings is 1. The van der Waals surface area contributed by atoms with Crippen molar-refractivity contribution in [2.24, 2.45) is 0 Å². The summed E-state index contributed by atoms with van der Waals surface area (Å²) >= 11 is 7.86. The summed E-state index contributed by atoms with van der Waals surface area (Å²) in [4.78, 5) is 27.6. The molecule has 1 atom stereocenters. The van der Waals surface area contributed by atoms with Gasteiger partial charge in [-0.15, -0.1) is 11.3 Å². The molecule has 1 saturated heterocycles. The van der Waals surface area contributed by atoms with Crippen LogP contribution in [0.2, 0.25) is 4.34 Å². The van der Waals surface area contributed by atoms with E-state index in [1.165, 1.54) is 11.3 Å². The Morgan fingerprint density at radius 1 is 1.11 bits per heavy atom. The maximum Gasteiger partial charge on any atom is 0.412 e. The first-order valence-corrected chi connectivity index (χ1v) is 13.5. The largest absolute Gasteiger partial charge is 0.481 e. The number of hydrogen-bond acceptors (Lipinski definition) is 5. The molecule has 2 aliphatic rings. The molecule has 0 spiro atoms. The molecule has 0 radical (unpaired) electrons. The fourth-order valence-electron chi connectivity index (χ4n) is 5.01. The number of benzene rings is 2. The minimum atomic E-state index is -0.728. The molecule has 2 heterocycles. The monoisotopic (exact) mass is 524 g/mol. The predicted octanol–water partition coefficient (Wildman–Crippen LogP) is 7.21. The van der Waals surface area contributed by atoms with E-state index in [0.29, 0.717) is 23.1 Å². The molecule has 188 valence electrons. The van der Waals surface area contributed by atoms with Gasteiger partial charge in [0.25, 0.3) is 0 Å². The van der Waals surface area contributed by atoms with Gasteiger partial charge < -0.3 is 14.7 Å². The fourth-order valence-corrected chi connectivity index (χ4v) is 6.38. The van der Waals surface area contributed by atoms with E-state index >= 15 is 0 Å². The standard InChI is InChI=1S/C28H29ClN2O4S/c1-18(19-5-3-2-4-6-19)35-27(34)30-23-17-24(29)36-25(23)20-11-15-31(16-12-20)22-9-7-21(8-10-22)28(13-14-28)26(32)33/h2-10,17-18,20H,11-16H2,1H3,(H,30,34)(H,32,33)/t18-/m1/s1. The lowest BCUT2D eigenvalue weighted by Crippen LogP contribution is -2.33. The highest BCUT2D eigenvalue weighted by atomic mass is 35.5. The summed E-state index contributed by atoms with van der Waals surface area (Å²) < 4.78 is 6.23. The maximum absolute atomic E-state index is 12.6. The number of nitrogens with one attached hydrogen (secondary N) is 1. The van der Waals surface area contributed by atoms with Gasteiger partial charge in [-0.25, -0.2) is 4.79 Å². The molecule has 0 unspecified atom stereocenters. The highest BCUT2D eigenvalue weighted by molar-refractivity contribution is 7.16. The van der Waals surface area contributed by atoms with Gasteiger partial charge in [-0.2, -0.15) is 0 Å². The lowest BCUT2D eigenvalue weighted by molar-refractivity contribution is -0.140. The third kappa shape index (κ3) is 5.08. The van der Waals surface area contributed by atoms with Crippen LogP contribution in [0.1, 0.15) is 60.6 Å². The van der Waals surface area contributed by atoms with Crippen LogP contribution in [0.5, 0.6) is 0 Å². The summed E-state index contributed by atoms with van der Waals surface area (Å²) in [6.07, 6.45) is 2.44. The zero-order valence-corrected chi connectivity index (χ0v) is 21.6. The van der Waals surface area contributed by atoms with E-state index in [1.807, 2.05) is 61.5 Å². The van der Waals surface area contributed by atoms with Crippen LogP contribution < -0.4 is 10.2 Å². The van der Waals surface area contributed by atoms with Crippen LogP contribution in [0.15, 0.2) is 60.7 Å². The Bertz CT molecular complexity index is 1230. The molecule has 1 aromatic heterocycles. The average Bonchev–Trinajstić information content (AvgIpc) is 3.63. The number of aliphatic carboxylic acids is 1. The fraction of sp³-hybridized carbons (Fsp3) is 0.357. The molecule has 1 saturated carbocycles. The second kappa shape index (κ2) is 10.1. The average molecular weight is 525 g/mol. The van der Waals surface area contributed by atoms with Crippen LogP contribution in [0.4, 0.5) is 16.2 Å². The van der Waals surface area contributed by atoms with Gasteiger partial charge in [-0.05, 0) is 67.9 Å². The molecular formula is C28H29ClN2O4S. The lowest BCUT2D eigenvalue weighted by Gasteiger charge is -2.34. The van der Waals surface area contributed by atoms with Crippen molar-refractivity contribution < 1.29 is 19.4 Å². The summed E-state index contributed by atoms with van der Waals surface area (Å²) in [7, 11) is 0. The number of rotatable bonds is 7. The Morgan fingerprint density at radius 3 is 2.39 bits per heavy atom. The van der Waals surface area contributed by atoms with Crippen molar-refractivity contribution >= 4 is 46.4 Å². The van der Waals surface area contributed by atoms with Gasteiger partial charge in [0, 0.05) is 23.7 Å². The number of carboxylic acids is 1. The molecule has 2 aromatic carbocycles. The Kier molecular flexibility index (Phi) is 6.95. The van der Waals surface area contributed by atoms with Gasteiger partial charge in [-0.3, -0.25) is 10.1 Å². The number of nitrogens with zero attached hydrogens (tertiary/aromatic N) is 1. The molecule has 2 N–H and O–H groups in total. The molecule has 36 heavy (non-hydrogen) atoms. The molecule has 3 aromatic rings. The summed E-state index contributed by atoms with van der Waals surface area (Å²) in [5.41, 5.74) is 2.99. The van der Waals surface area contributed by atoms with Crippen molar-refractivity contribution in [1.82, 2.24) is 0 Å². The predicted molar refractivity (Wildman–Crippen MR) is 143 cm³/mol. The van der Waals surface area contributed by atoms with Gasteiger partial charge in [0.05, 0.1) is 15.4 Å². The van der Waals surface area contributed by atoms with Crippen LogP contribution in [0.3, 0.4) is 0 Å². The number of thiophene rings is 1. The summed E-state index contributed by atoms with van der Waals surface area (Å²) in [6.45, 7) is 3.60. The topological polar surface area (TPSA) is 78.9 Å². The quantitative estimate of drug-likeness (QED) is 0.341. The Labute approximate surface area is 219 Å². The second-order valence-electron chi connectivity index (χ2n) is 9.61. The summed E-state index contributed by atoms with van der Waals surface area (Å²) in [6, 6.07) is 19.4. The van der Waals surface area contributed by atoms with E-state index < -0.39 is 17.5 Å². The van der Waals surface area contributed by atoms with Crippen LogP contribution in [0.25, 0.3) is 0 Å². The third-order valence-corrected chi connectivity index (χ3v) is 8.76. The van der Waals surface area contributed by atoms with Crippen LogP contribution in [0, 0.1) is 0 Å². The van der Waals surface area contributed by atoms with Gasteiger partial charge in [-0.1, -0.05) is 54.1 Å². The van der Waals surface area contributed by atoms with E-state index in [9.17, 15) is 14.7 Å². The molecule has 1 amide bonds. The van der Waals surface area contributed by atoms with E-state index in [4.69, 9.17) is 16.3 Å². The van der Waals surface area contributed by atoms with Crippen LogP contribution >= 0.6 is 22.9 Å². The molecule has 1 aliphatic carbocycles. The number of anilines is 2. The van der Waals surface area contributed by atoms with Crippen LogP contribution in [-0.4, -0.2) is 30.3 Å². The lowest BCUT2D eigenvalue weighted by atomic mass is 9.93. The minimum Gasteiger partial charge on any atom is -0.481 e. The van der Waals surface area contributed by atoms with Crippen molar-refractivity contribution in [3.05, 3.63) is 81.0 Å². The van der Waals surface area contributed by atoms with Crippen molar-refractivity contribution in [3.63, 3.8) is 0 Å². The zero-order chi connectivity index (χ0) is 25.3. The second-order valence-corrected chi connectivity index (χ2v) is 11.3. The van der Waals surface area contributed by atoms with Gasteiger partial charge >= 0.3 is 12.1 Å². The Morgan fingerprint density at radius 2 is 1.78 bits per heavy atom. The highest BCUT2D eigenvalue weighted by Gasteiger charge is 2.51. The van der Waals surface area contributed by atoms with Crippen molar-refractivity contribution in [2.75, 3.05) is 23.3 Å². The number of halogens is 1. The molecule has 5 rings (SSSR count). The van der Waals surface area contributed by atoms with Gasteiger partial charge in [0.1, 0.15) is 6.10 Å². The number of ether oxygens (including phenoxy) is 1. The zero-order valence-electron chi connectivity index (χ0n) is 20.1. The summed E-state index contributed by atoms with van der Waals surface area (Å²) in [5, 5.41) is 12.4. The molecule has 2 fully saturated rings. The maximum atomic E-state index is 12.6. The number of carboxylic acid groups (broad SMARTS) is 1. The first-order chi connectivity index (χ1) is 17.4. The molecule has 6 nitrogen and oxygen atoms in total. The molecule has 8 heteroatoms.